The second-order valence-corrected chi connectivity index (χ2v) is 6.69. The molecule has 2 aliphatic carbocycles. The molecule has 0 aromatic heterocycles. The molecule has 0 amide bonds. The van der Waals surface area contributed by atoms with E-state index in [4.69, 9.17) is 0 Å². The molecular formula is C17H33N. The van der Waals surface area contributed by atoms with E-state index in [0.29, 0.717) is 0 Å². The molecular weight excluding hydrogens is 218 g/mol. The maximum atomic E-state index is 3.80. The summed E-state index contributed by atoms with van der Waals surface area (Å²) >= 11 is 0. The van der Waals surface area contributed by atoms with Gasteiger partial charge in [0, 0.05) is 6.04 Å². The molecule has 0 spiro atoms. The van der Waals surface area contributed by atoms with E-state index in [1.807, 2.05) is 0 Å². The van der Waals surface area contributed by atoms with Crippen molar-refractivity contribution >= 4 is 0 Å². The lowest BCUT2D eigenvalue weighted by Crippen LogP contribution is -2.33. The third kappa shape index (κ3) is 4.26. The van der Waals surface area contributed by atoms with Gasteiger partial charge in [0.2, 0.25) is 0 Å². The van der Waals surface area contributed by atoms with E-state index in [9.17, 15) is 0 Å². The molecule has 18 heavy (non-hydrogen) atoms. The molecule has 3 atom stereocenters. The SMILES string of the molecule is CCCNC(CCC1CCCCC1CC)C1CC1. The summed E-state index contributed by atoms with van der Waals surface area (Å²) in [7, 11) is 0. The summed E-state index contributed by atoms with van der Waals surface area (Å²) in [5.41, 5.74) is 0. The van der Waals surface area contributed by atoms with Crippen molar-refractivity contribution < 1.29 is 0 Å². The lowest BCUT2D eigenvalue weighted by atomic mass is 9.75. The van der Waals surface area contributed by atoms with Gasteiger partial charge in [-0.25, -0.2) is 0 Å². The van der Waals surface area contributed by atoms with Crippen LogP contribution >= 0.6 is 0 Å². The zero-order valence-corrected chi connectivity index (χ0v) is 12.6. The van der Waals surface area contributed by atoms with Gasteiger partial charge in [-0.1, -0.05) is 46.0 Å². The Morgan fingerprint density at radius 3 is 2.33 bits per heavy atom. The lowest BCUT2D eigenvalue weighted by Gasteiger charge is -2.32. The third-order valence-corrected chi connectivity index (χ3v) is 5.29. The van der Waals surface area contributed by atoms with Crippen LogP contribution in [0.25, 0.3) is 0 Å². The Labute approximate surface area is 114 Å². The summed E-state index contributed by atoms with van der Waals surface area (Å²) in [4.78, 5) is 0. The summed E-state index contributed by atoms with van der Waals surface area (Å²) in [5.74, 6) is 3.12. The second-order valence-electron chi connectivity index (χ2n) is 6.69. The molecule has 0 aromatic carbocycles. The summed E-state index contributed by atoms with van der Waals surface area (Å²) in [6.45, 7) is 5.91. The van der Waals surface area contributed by atoms with E-state index in [0.717, 1.165) is 23.8 Å². The first kappa shape index (κ1) is 14.4. The summed E-state index contributed by atoms with van der Waals surface area (Å²) in [5, 5.41) is 3.80. The fourth-order valence-electron chi connectivity index (χ4n) is 3.93. The van der Waals surface area contributed by atoms with Gasteiger partial charge in [0.05, 0.1) is 0 Å². The fourth-order valence-corrected chi connectivity index (χ4v) is 3.93. The van der Waals surface area contributed by atoms with Crippen LogP contribution in [0.2, 0.25) is 0 Å². The van der Waals surface area contributed by atoms with Crippen molar-refractivity contribution in [3.63, 3.8) is 0 Å². The molecule has 0 heterocycles. The average Bonchev–Trinajstić information content (AvgIpc) is 3.24. The van der Waals surface area contributed by atoms with Gasteiger partial charge < -0.3 is 5.32 Å². The topological polar surface area (TPSA) is 12.0 Å². The minimum atomic E-state index is 0.851. The van der Waals surface area contributed by atoms with Gasteiger partial charge in [0.1, 0.15) is 0 Å². The molecule has 2 aliphatic rings. The molecule has 1 nitrogen and oxygen atoms in total. The minimum Gasteiger partial charge on any atom is -0.314 e. The molecule has 2 saturated carbocycles. The van der Waals surface area contributed by atoms with Gasteiger partial charge in [0.25, 0.3) is 0 Å². The number of hydrogen-bond donors (Lipinski definition) is 1. The zero-order chi connectivity index (χ0) is 12.8. The van der Waals surface area contributed by atoms with Crippen LogP contribution in [-0.4, -0.2) is 12.6 Å². The molecule has 3 unspecified atom stereocenters. The van der Waals surface area contributed by atoms with Crippen LogP contribution in [0.5, 0.6) is 0 Å². The Hall–Kier alpha value is -0.0400. The third-order valence-electron chi connectivity index (χ3n) is 5.29. The van der Waals surface area contributed by atoms with Crippen molar-refractivity contribution in [3.8, 4) is 0 Å². The molecule has 0 saturated heterocycles. The normalized spacial score (nSPS) is 30.3. The predicted molar refractivity (Wildman–Crippen MR) is 79.8 cm³/mol. The van der Waals surface area contributed by atoms with Crippen molar-refractivity contribution in [2.75, 3.05) is 6.54 Å². The largest absolute Gasteiger partial charge is 0.314 e. The maximum absolute atomic E-state index is 3.80. The number of hydrogen-bond acceptors (Lipinski definition) is 1. The number of nitrogens with one attached hydrogen (secondary N) is 1. The van der Waals surface area contributed by atoms with Gasteiger partial charge in [-0.2, -0.15) is 0 Å². The fraction of sp³-hybridized carbons (Fsp3) is 1.00. The number of rotatable bonds is 8. The summed E-state index contributed by atoms with van der Waals surface area (Å²) in [6.07, 6.45) is 14.6. The Morgan fingerprint density at radius 2 is 1.72 bits per heavy atom. The lowest BCUT2D eigenvalue weighted by molar-refractivity contribution is 0.205. The maximum Gasteiger partial charge on any atom is 0.00954 e. The van der Waals surface area contributed by atoms with Crippen LogP contribution < -0.4 is 5.32 Å². The van der Waals surface area contributed by atoms with E-state index in [-0.39, 0.29) is 0 Å². The monoisotopic (exact) mass is 251 g/mol. The van der Waals surface area contributed by atoms with Gasteiger partial charge in [-0.15, -0.1) is 0 Å². The molecule has 2 rings (SSSR count). The Balaban J connectivity index is 1.73. The highest BCUT2D eigenvalue weighted by Gasteiger charge is 2.32. The first-order valence-electron chi connectivity index (χ1n) is 8.58. The molecule has 2 fully saturated rings. The quantitative estimate of drug-likeness (QED) is 0.656. The van der Waals surface area contributed by atoms with E-state index < -0.39 is 0 Å². The van der Waals surface area contributed by atoms with Crippen molar-refractivity contribution in [1.29, 1.82) is 0 Å². The van der Waals surface area contributed by atoms with E-state index in [1.54, 1.807) is 0 Å². The van der Waals surface area contributed by atoms with Crippen LogP contribution in [0.3, 0.4) is 0 Å². The highest BCUT2D eigenvalue weighted by molar-refractivity contribution is 4.87. The van der Waals surface area contributed by atoms with Crippen LogP contribution in [0, 0.1) is 17.8 Å². The van der Waals surface area contributed by atoms with Crippen molar-refractivity contribution in [3.05, 3.63) is 0 Å². The van der Waals surface area contributed by atoms with E-state index in [2.05, 4.69) is 19.2 Å². The van der Waals surface area contributed by atoms with E-state index >= 15 is 0 Å². The van der Waals surface area contributed by atoms with Gasteiger partial charge in [-0.05, 0) is 56.4 Å². The highest BCUT2D eigenvalue weighted by atomic mass is 14.9. The van der Waals surface area contributed by atoms with Gasteiger partial charge in [0.15, 0.2) is 0 Å². The molecule has 1 N–H and O–H groups in total. The Kier molecular flexibility index (Phi) is 6.01. The van der Waals surface area contributed by atoms with Gasteiger partial charge >= 0.3 is 0 Å². The minimum absolute atomic E-state index is 0.851. The molecule has 106 valence electrons. The molecule has 0 aliphatic heterocycles. The average molecular weight is 251 g/mol. The van der Waals surface area contributed by atoms with Gasteiger partial charge in [-0.3, -0.25) is 0 Å². The standard InChI is InChI=1S/C17H33N/c1-3-13-18-17(16-9-10-16)12-11-15-8-6-5-7-14(15)4-2/h14-18H,3-13H2,1-2H3. The molecule has 0 radical (unpaired) electrons. The summed E-state index contributed by atoms with van der Waals surface area (Å²) < 4.78 is 0. The first-order chi connectivity index (χ1) is 8.85. The highest BCUT2D eigenvalue weighted by Crippen LogP contribution is 2.39. The van der Waals surface area contributed by atoms with Crippen LogP contribution in [0.1, 0.15) is 78.1 Å². The first-order valence-corrected chi connectivity index (χ1v) is 8.58. The summed E-state index contributed by atoms with van der Waals surface area (Å²) in [6, 6.07) is 0.851. The Morgan fingerprint density at radius 1 is 1.00 bits per heavy atom. The predicted octanol–water partition coefficient (Wildman–Crippen LogP) is 4.76. The smallest absolute Gasteiger partial charge is 0.00954 e. The van der Waals surface area contributed by atoms with Crippen LogP contribution in [0.15, 0.2) is 0 Å². The zero-order valence-electron chi connectivity index (χ0n) is 12.6. The van der Waals surface area contributed by atoms with Crippen LogP contribution in [0.4, 0.5) is 0 Å². The molecule has 0 bridgehead atoms. The molecule has 1 heteroatoms. The molecule has 0 aromatic rings. The van der Waals surface area contributed by atoms with Crippen molar-refractivity contribution in [2.24, 2.45) is 17.8 Å². The van der Waals surface area contributed by atoms with E-state index in [1.165, 1.54) is 70.8 Å². The van der Waals surface area contributed by atoms with Crippen molar-refractivity contribution in [1.82, 2.24) is 5.32 Å². The van der Waals surface area contributed by atoms with Crippen LogP contribution in [-0.2, 0) is 0 Å². The second kappa shape index (κ2) is 7.53. The Bertz CT molecular complexity index is 222. The van der Waals surface area contributed by atoms with Crippen molar-refractivity contribution in [2.45, 2.75) is 84.1 Å².